The number of furan rings is 1. The Bertz CT molecular complexity index is 3940. The molecule has 4 nitrogen and oxygen atoms in total. The van der Waals surface area contributed by atoms with Crippen LogP contribution in [-0.2, 0) is 32.5 Å². The maximum absolute atomic E-state index is 7.73. The lowest BCUT2D eigenvalue weighted by atomic mass is 9.45. The van der Waals surface area contributed by atoms with E-state index >= 15 is 0 Å². The van der Waals surface area contributed by atoms with Crippen LogP contribution in [0.3, 0.4) is 0 Å². The molecule has 0 amide bonds. The lowest BCUT2D eigenvalue weighted by Crippen LogP contribution is -2.56. The Labute approximate surface area is 434 Å². The molecule has 0 aliphatic carbocycles. The summed E-state index contributed by atoms with van der Waals surface area (Å²) in [4.78, 5) is 2.49. The van der Waals surface area contributed by atoms with E-state index < -0.39 is 0 Å². The molecule has 0 saturated carbocycles. The smallest absolute Gasteiger partial charge is 0.337 e. The van der Waals surface area contributed by atoms with Crippen LogP contribution in [0.5, 0.6) is 0 Å². The summed E-state index contributed by atoms with van der Waals surface area (Å²) in [6.07, 6.45) is 0. The zero-order valence-corrected chi connectivity index (χ0v) is 46.9. The summed E-state index contributed by atoms with van der Waals surface area (Å²) in [5, 5.41) is 6.43. The van der Waals surface area contributed by atoms with Crippen molar-refractivity contribution >= 4 is 89.6 Å². The maximum atomic E-state index is 7.73. The van der Waals surface area contributed by atoms with E-state index in [0.29, 0.717) is 0 Å². The minimum Gasteiger partial charge on any atom is -0.440 e. The standard InChI is InChI=1S/C68H74BN3O/c1-63(2,3)39-24-28-45(29-25-39)71-55-37-43(67(13,14)15)34-46-47-38-54-56(48-32-40(64(4,5)6)26-30-52(48)70(54)44-22-20-19-21-23-44)57-49-33-41(65(7,8)9)27-31-53(49)72(60(47)57)69(58(46)55)59-50-35-42(66(10,11)12)36-51(68(16,17)18)61(50)73-62(59)71/h19-38H,1-18H3. The molecule has 2 aliphatic rings. The lowest BCUT2D eigenvalue weighted by Gasteiger charge is -2.39. The molecule has 5 heteroatoms. The first-order valence-corrected chi connectivity index (χ1v) is 26.9. The molecule has 370 valence electrons. The average molecular weight is 960 g/mol. The Balaban J connectivity index is 1.35. The van der Waals surface area contributed by atoms with Crippen molar-refractivity contribution in [2.75, 3.05) is 4.90 Å². The molecule has 12 rings (SSSR count). The summed E-state index contributed by atoms with van der Waals surface area (Å²) in [7, 11) is 0. The Morgan fingerprint density at radius 2 is 0.932 bits per heavy atom. The quantitative estimate of drug-likeness (QED) is 0.161. The Morgan fingerprint density at radius 1 is 0.397 bits per heavy atom. The van der Waals surface area contributed by atoms with Crippen LogP contribution in [0.1, 0.15) is 158 Å². The van der Waals surface area contributed by atoms with Crippen molar-refractivity contribution in [2.45, 2.75) is 157 Å². The van der Waals surface area contributed by atoms with Crippen LogP contribution in [0.25, 0.3) is 71.4 Å². The highest BCUT2D eigenvalue weighted by atomic mass is 16.4. The molecule has 0 radical (unpaired) electrons. The number of nitrogens with zero attached hydrogens (tertiary/aromatic N) is 3. The van der Waals surface area contributed by atoms with Crippen molar-refractivity contribution in [1.29, 1.82) is 0 Å². The first kappa shape index (κ1) is 47.5. The van der Waals surface area contributed by atoms with Crippen molar-refractivity contribution in [3.63, 3.8) is 0 Å². The largest absolute Gasteiger partial charge is 0.440 e. The van der Waals surface area contributed by atoms with Crippen LogP contribution in [-0.4, -0.2) is 15.9 Å². The zero-order chi connectivity index (χ0) is 52.0. The first-order valence-electron chi connectivity index (χ1n) is 26.9. The fourth-order valence-corrected chi connectivity index (χ4v) is 12.3. The molecule has 5 heterocycles. The van der Waals surface area contributed by atoms with E-state index in [1.165, 1.54) is 116 Å². The Morgan fingerprint density at radius 3 is 1.51 bits per heavy atom. The number of hydrogen-bond acceptors (Lipinski definition) is 2. The number of rotatable bonds is 2. The van der Waals surface area contributed by atoms with Crippen LogP contribution < -0.4 is 15.8 Å². The van der Waals surface area contributed by atoms with Gasteiger partial charge in [-0.25, -0.2) is 0 Å². The van der Waals surface area contributed by atoms with Crippen molar-refractivity contribution in [2.24, 2.45) is 0 Å². The fraction of sp³-hybridized carbons (Fsp3) is 0.353. The van der Waals surface area contributed by atoms with E-state index in [0.717, 1.165) is 17.2 Å². The second kappa shape index (κ2) is 15.1. The van der Waals surface area contributed by atoms with Gasteiger partial charge in [0.05, 0.1) is 11.0 Å². The molecule has 0 N–H and O–H groups in total. The summed E-state index contributed by atoms with van der Waals surface area (Å²) in [5.41, 5.74) is 21.9. The third-order valence-electron chi connectivity index (χ3n) is 16.6. The SMILES string of the molecule is CC(C)(C)c1ccc(N2c3cc(C(C)(C)C)cc4c3B(c3c2oc2c(C(C)(C)C)cc(C(C)(C)C)cc32)n2c3ccc(C(C)(C)C)cc3c3c5c6cc(C(C)(C)C)ccc6n(-c6ccccc6)c5cc-4c32)cc1. The molecule has 7 aromatic carbocycles. The third kappa shape index (κ3) is 7.07. The molecule has 2 aliphatic heterocycles. The highest BCUT2D eigenvalue weighted by Gasteiger charge is 2.48. The molecule has 0 atom stereocenters. The number of anilines is 3. The second-order valence-corrected chi connectivity index (χ2v) is 28.0. The van der Waals surface area contributed by atoms with E-state index in [9.17, 15) is 0 Å². The number of fused-ring (bicyclic) bond motifs is 13. The van der Waals surface area contributed by atoms with Gasteiger partial charge in [-0.3, -0.25) is 4.90 Å². The molecule has 0 spiro atoms. The molecular weight excluding hydrogens is 886 g/mol. The minimum absolute atomic E-state index is 0.00556. The van der Waals surface area contributed by atoms with Crippen molar-refractivity contribution in [1.82, 2.24) is 9.05 Å². The molecule has 0 unspecified atom stereocenters. The number of para-hydroxylation sites is 1. The summed E-state index contributed by atoms with van der Waals surface area (Å²) >= 11 is 0. The summed E-state index contributed by atoms with van der Waals surface area (Å²) < 4.78 is 13.0. The fourth-order valence-electron chi connectivity index (χ4n) is 12.3. The van der Waals surface area contributed by atoms with Crippen LogP contribution in [0, 0.1) is 0 Å². The third-order valence-corrected chi connectivity index (χ3v) is 16.6. The van der Waals surface area contributed by atoms with Crippen LogP contribution in [0.4, 0.5) is 17.3 Å². The summed E-state index contributed by atoms with van der Waals surface area (Å²) in [6.45, 7) is 42.0. The minimum atomic E-state index is -0.193. The number of aromatic nitrogens is 2. The average Bonchev–Trinajstić information content (AvgIpc) is 3.96. The Hall–Kier alpha value is -6.46. The van der Waals surface area contributed by atoms with Crippen molar-refractivity contribution < 1.29 is 4.42 Å². The molecule has 0 fully saturated rings. The predicted molar refractivity (Wildman–Crippen MR) is 316 cm³/mol. The maximum Gasteiger partial charge on any atom is 0.337 e. The molecule has 10 aromatic rings. The van der Waals surface area contributed by atoms with E-state index in [1.54, 1.807) is 0 Å². The van der Waals surface area contributed by atoms with Crippen LogP contribution in [0.2, 0.25) is 0 Å². The van der Waals surface area contributed by atoms with Gasteiger partial charge in [0, 0.05) is 71.6 Å². The van der Waals surface area contributed by atoms with Gasteiger partial charge in [0.25, 0.3) is 0 Å². The monoisotopic (exact) mass is 960 g/mol. The van der Waals surface area contributed by atoms with Crippen LogP contribution in [0.15, 0.2) is 126 Å². The van der Waals surface area contributed by atoms with E-state index in [-0.39, 0.29) is 39.3 Å². The van der Waals surface area contributed by atoms with Gasteiger partial charge in [-0.2, -0.15) is 0 Å². The highest BCUT2D eigenvalue weighted by molar-refractivity contribution is 6.91. The summed E-state index contributed by atoms with van der Waals surface area (Å²) in [5.74, 6) is 0.908. The van der Waals surface area contributed by atoms with E-state index in [2.05, 4.69) is 260 Å². The van der Waals surface area contributed by atoms with Crippen molar-refractivity contribution in [3.05, 3.63) is 155 Å². The normalized spacial score (nSPS) is 14.4. The van der Waals surface area contributed by atoms with Gasteiger partial charge in [0.2, 0.25) is 5.88 Å². The number of benzene rings is 7. The zero-order valence-electron chi connectivity index (χ0n) is 46.9. The van der Waals surface area contributed by atoms with Crippen LogP contribution >= 0.6 is 0 Å². The molecule has 0 saturated heterocycles. The molecule has 3 aromatic heterocycles. The van der Waals surface area contributed by atoms with Gasteiger partial charge >= 0.3 is 6.85 Å². The molecule has 0 bridgehead atoms. The van der Waals surface area contributed by atoms with Gasteiger partial charge in [-0.1, -0.05) is 179 Å². The van der Waals surface area contributed by atoms with Gasteiger partial charge < -0.3 is 13.5 Å². The number of hydrogen-bond donors (Lipinski definition) is 0. The van der Waals surface area contributed by atoms with Gasteiger partial charge in [-0.15, -0.1) is 0 Å². The van der Waals surface area contributed by atoms with Gasteiger partial charge in [0.1, 0.15) is 5.58 Å². The van der Waals surface area contributed by atoms with Gasteiger partial charge in [0.15, 0.2) is 0 Å². The second-order valence-electron chi connectivity index (χ2n) is 28.0. The molecular formula is C68H74BN3O. The highest BCUT2D eigenvalue weighted by Crippen LogP contribution is 2.53. The predicted octanol–water partition coefficient (Wildman–Crippen LogP) is 17.8. The van der Waals surface area contributed by atoms with E-state index in [1.807, 2.05) is 0 Å². The lowest BCUT2D eigenvalue weighted by molar-refractivity contribution is 0.552. The topological polar surface area (TPSA) is 26.2 Å². The van der Waals surface area contributed by atoms with Crippen molar-refractivity contribution in [3.8, 4) is 16.8 Å². The van der Waals surface area contributed by atoms with E-state index in [4.69, 9.17) is 4.42 Å². The first-order chi connectivity index (χ1) is 34.0. The Kier molecular flexibility index (Phi) is 9.82. The van der Waals surface area contributed by atoms with Gasteiger partial charge in [-0.05, 0) is 138 Å². The molecule has 73 heavy (non-hydrogen) atoms. The summed E-state index contributed by atoms with van der Waals surface area (Å²) in [6, 6.07) is 47.6.